The van der Waals surface area contributed by atoms with Crippen molar-refractivity contribution in [3.63, 3.8) is 0 Å². The van der Waals surface area contributed by atoms with E-state index in [1.54, 1.807) is 18.4 Å². The number of nitrogens with one attached hydrogen (secondary N) is 2. The number of hydrogen-bond acceptors (Lipinski definition) is 4. The number of nitrogens with zero attached hydrogens (tertiary/aromatic N) is 3. The predicted molar refractivity (Wildman–Crippen MR) is 108 cm³/mol. The maximum Gasteiger partial charge on any atom is 0.191 e. The molecule has 2 N–H and O–H groups in total. The number of hydrogen-bond donors (Lipinski definition) is 2. The number of aliphatic imine (C=N–C) groups is 1. The molecule has 0 unspecified atom stereocenters. The van der Waals surface area contributed by atoms with Crippen molar-refractivity contribution in [1.82, 2.24) is 20.5 Å². The second-order valence-electron chi connectivity index (χ2n) is 5.04. The molecule has 0 radical (unpaired) electrons. The summed E-state index contributed by atoms with van der Waals surface area (Å²) in [6.45, 7) is 13.5. The summed E-state index contributed by atoms with van der Waals surface area (Å²) in [7, 11) is 1.80. The first-order valence-electron chi connectivity index (χ1n) is 7.70. The molecule has 0 atom stereocenters. The number of guanidine groups is 1. The summed E-state index contributed by atoms with van der Waals surface area (Å²) in [5.41, 5.74) is 1.12. The van der Waals surface area contributed by atoms with Crippen LogP contribution in [0.4, 0.5) is 0 Å². The highest BCUT2D eigenvalue weighted by Crippen LogP contribution is 2.15. The van der Waals surface area contributed by atoms with Crippen LogP contribution in [0.5, 0.6) is 0 Å². The van der Waals surface area contributed by atoms with Gasteiger partial charge in [0.15, 0.2) is 5.96 Å². The second kappa shape index (κ2) is 12.1. The molecule has 0 aliphatic rings. The number of thiazole rings is 1. The SMILES string of the molecule is CCCN(CC)CCNC(=NC)NCc1nc(C)c(C)s1.I. The van der Waals surface area contributed by atoms with Crippen LogP contribution in [0.3, 0.4) is 0 Å². The molecule has 1 rings (SSSR count). The van der Waals surface area contributed by atoms with Crippen molar-refractivity contribution < 1.29 is 0 Å². The van der Waals surface area contributed by atoms with E-state index in [4.69, 9.17) is 0 Å². The summed E-state index contributed by atoms with van der Waals surface area (Å²) in [6.07, 6.45) is 1.20. The number of aryl methyl sites for hydroxylation is 2. The minimum absolute atomic E-state index is 0. The fourth-order valence-corrected chi connectivity index (χ4v) is 2.95. The van der Waals surface area contributed by atoms with Gasteiger partial charge in [-0.05, 0) is 33.4 Å². The van der Waals surface area contributed by atoms with Crippen molar-refractivity contribution in [2.45, 2.75) is 40.7 Å². The van der Waals surface area contributed by atoms with Crippen LogP contribution >= 0.6 is 35.3 Å². The lowest BCUT2D eigenvalue weighted by atomic mass is 10.4. The minimum Gasteiger partial charge on any atom is -0.355 e. The zero-order chi connectivity index (χ0) is 15.7. The molecule has 0 amide bonds. The summed E-state index contributed by atoms with van der Waals surface area (Å²) in [6, 6.07) is 0. The fourth-order valence-electron chi connectivity index (χ4n) is 2.07. The van der Waals surface area contributed by atoms with Crippen molar-refractivity contribution >= 4 is 41.3 Å². The summed E-state index contributed by atoms with van der Waals surface area (Å²) < 4.78 is 0. The van der Waals surface area contributed by atoms with Crippen LogP contribution < -0.4 is 10.6 Å². The second-order valence-corrected chi connectivity index (χ2v) is 6.32. The Labute approximate surface area is 156 Å². The molecule has 128 valence electrons. The molecule has 1 aromatic rings. The quantitative estimate of drug-likeness (QED) is 0.372. The van der Waals surface area contributed by atoms with E-state index in [9.17, 15) is 0 Å². The molecular formula is C15H30IN5S. The molecule has 0 spiro atoms. The predicted octanol–water partition coefficient (Wildman–Crippen LogP) is 2.77. The Kier molecular flexibility index (Phi) is 11.8. The van der Waals surface area contributed by atoms with Crippen molar-refractivity contribution in [3.8, 4) is 0 Å². The Morgan fingerprint density at radius 3 is 2.45 bits per heavy atom. The first-order chi connectivity index (χ1) is 10.1. The third-order valence-corrected chi connectivity index (χ3v) is 4.48. The van der Waals surface area contributed by atoms with Gasteiger partial charge in [0.05, 0.1) is 12.2 Å². The average molecular weight is 439 g/mol. The van der Waals surface area contributed by atoms with Crippen LogP contribution in [0.25, 0.3) is 0 Å². The van der Waals surface area contributed by atoms with E-state index in [1.165, 1.54) is 11.3 Å². The number of rotatable bonds is 8. The molecule has 0 saturated heterocycles. The first kappa shape index (κ1) is 21.6. The van der Waals surface area contributed by atoms with E-state index >= 15 is 0 Å². The Morgan fingerprint density at radius 1 is 1.23 bits per heavy atom. The Balaban J connectivity index is 0.00000441. The van der Waals surface area contributed by atoms with E-state index < -0.39 is 0 Å². The van der Waals surface area contributed by atoms with Gasteiger partial charge in [-0.2, -0.15) is 0 Å². The lowest BCUT2D eigenvalue weighted by Crippen LogP contribution is -2.41. The molecule has 1 aromatic heterocycles. The summed E-state index contributed by atoms with van der Waals surface area (Å²) in [4.78, 5) is 12.5. The highest BCUT2D eigenvalue weighted by Gasteiger charge is 2.05. The topological polar surface area (TPSA) is 52.5 Å². The molecular weight excluding hydrogens is 409 g/mol. The molecule has 0 aliphatic carbocycles. The molecule has 0 aromatic carbocycles. The monoisotopic (exact) mass is 439 g/mol. The van der Waals surface area contributed by atoms with Crippen molar-refractivity contribution in [3.05, 3.63) is 15.6 Å². The third kappa shape index (κ3) is 7.73. The Hall–Kier alpha value is -0.410. The van der Waals surface area contributed by atoms with Crippen molar-refractivity contribution in [2.24, 2.45) is 4.99 Å². The van der Waals surface area contributed by atoms with E-state index in [0.29, 0.717) is 0 Å². The van der Waals surface area contributed by atoms with E-state index in [-0.39, 0.29) is 24.0 Å². The van der Waals surface area contributed by atoms with Gasteiger partial charge in [0.2, 0.25) is 0 Å². The fraction of sp³-hybridized carbons (Fsp3) is 0.733. The van der Waals surface area contributed by atoms with Gasteiger partial charge in [-0.1, -0.05) is 13.8 Å². The van der Waals surface area contributed by atoms with Gasteiger partial charge in [0.25, 0.3) is 0 Å². The van der Waals surface area contributed by atoms with Gasteiger partial charge >= 0.3 is 0 Å². The Morgan fingerprint density at radius 2 is 1.95 bits per heavy atom. The number of likely N-dealkylation sites (N-methyl/N-ethyl adjacent to an activating group) is 1. The van der Waals surface area contributed by atoms with Crippen LogP contribution in [0.15, 0.2) is 4.99 Å². The number of aromatic nitrogens is 1. The van der Waals surface area contributed by atoms with Gasteiger partial charge in [-0.25, -0.2) is 4.98 Å². The number of halogens is 1. The Bertz CT molecular complexity index is 428. The first-order valence-corrected chi connectivity index (χ1v) is 8.52. The van der Waals surface area contributed by atoms with Crippen LogP contribution in [0, 0.1) is 13.8 Å². The highest BCUT2D eigenvalue weighted by molar-refractivity contribution is 14.0. The van der Waals surface area contributed by atoms with Gasteiger partial charge in [0, 0.05) is 25.0 Å². The normalized spacial score (nSPS) is 11.5. The standard InChI is InChI=1S/C15H29N5S.HI/c1-6-9-20(7-2)10-8-17-15(16-5)18-11-14-19-12(3)13(4)21-14;/h6-11H2,1-5H3,(H2,16,17,18);1H. The molecule has 7 heteroatoms. The molecule has 0 fully saturated rings. The summed E-state index contributed by atoms with van der Waals surface area (Å²) >= 11 is 1.74. The lowest BCUT2D eigenvalue weighted by Gasteiger charge is -2.20. The molecule has 0 bridgehead atoms. The molecule has 5 nitrogen and oxygen atoms in total. The van der Waals surface area contributed by atoms with Gasteiger partial charge < -0.3 is 15.5 Å². The smallest absolute Gasteiger partial charge is 0.191 e. The average Bonchev–Trinajstić information content (AvgIpc) is 2.80. The zero-order valence-corrected chi connectivity index (χ0v) is 17.5. The zero-order valence-electron chi connectivity index (χ0n) is 14.4. The molecule has 0 aliphatic heterocycles. The lowest BCUT2D eigenvalue weighted by molar-refractivity contribution is 0.293. The van der Waals surface area contributed by atoms with Crippen LogP contribution in [0.2, 0.25) is 0 Å². The maximum absolute atomic E-state index is 4.53. The maximum atomic E-state index is 4.53. The van der Waals surface area contributed by atoms with E-state index in [0.717, 1.165) is 49.4 Å². The van der Waals surface area contributed by atoms with Crippen LogP contribution in [0.1, 0.15) is 35.8 Å². The summed E-state index contributed by atoms with van der Waals surface area (Å²) in [5, 5.41) is 7.78. The van der Waals surface area contributed by atoms with Gasteiger partial charge in [-0.15, -0.1) is 35.3 Å². The molecule has 1 heterocycles. The van der Waals surface area contributed by atoms with Crippen molar-refractivity contribution in [1.29, 1.82) is 0 Å². The van der Waals surface area contributed by atoms with Crippen LogP contribution in [-0.4, -0.2) is 49.1 Å². The van der Waals surface area contributed by atoms with Gasteiger partial charge in [-0.3, -0.25) is 4.99 Å². The third-order valence-electron chi connectivity index (χ3n) is 3.41. The van der Waals surface area contributed by atoms with Gasteiger partial charge in [0.1, 0.15) is 5.01 Å². The minimum atomic E-state index is 0. The van der Waals surface area contributed by atoms with E-state index in [1.807, 2.05) is 0 Å². The molecule has 0 saturated carbocycles. The summed E-state index contributed by atoms with van der Waals surface area (Å²) in [5.74, 6) is 0.841. The molecule has 22 heavy (non-hydrogen) atoms. The van der Waals surface area contributed by atoms with Crippen LogP contribution in [-0.2, 0) is 6.54 Å². The van der Waals surface area contributed by atoms with Crippen molar-refractivity contribution in [2.75, 3.05) is 33.2 Å². The largest absolute Gasteiger partial charge is 0.355 e. The highest BCUT2D eigenvalue weighted by atomic mass is 127. The van der Waals surface area contributed by atoms with E-state index in [2.05, 4.69) is 53.2 Å².